The SMILES string of the molecule is O=C(C1CCN(Cc2ccco2)CC1)N1Cc2cnn(CCO)c2C1. The van der Waals surface area contributed by atoms with Crippen molar-refractivity contribution >= 4 is 5.91 Å². The molecule has 7 nitrogen and oxygen atoms in total. The van der Waals surface area contributed by atoms with Crippen molar-refractivity contribution in [1.82, 2.24) is 19.6 Å². The first-order valence-corrected chi connectivity index (χ1v) is 8.92. The molecule has 2 aliphatic rings. The van der Waals surface area contributed by atoms with Gasteiger partial charge in [-0.05, 0) is 38.1 Å². The number of hydrogen-bond acceptors (Lipinski definition) is 5. The maximum absolute atomic E-state index is 12.9. The summed E-state index contributed by atoms with van der Waals surface area (Å²) in [5.74, 6) is 1.34. The highest BCUT2D eigenvalue weighted by Gasteiger charge is 2.33. The highest BCUT2D eigenvalue weighted by atomic mass is 16.3. The molecule has 1 saturated heterocycles. The van der Waals surface area contributed by atoms with Gasteiger partial charge in [-0.3, -0.25) is 14.4 Å². The maximum Gasteiger partial charge on any atom is 0.226 e. The fourth-order valence-electron chi connectivity index (χ4n) is 3.87. The molecule has 0 atom stereocenters. The smallest absolute Gasteiger partial charge is 0.226 e. The number of aliphatic hydroxyl groups excluding tert-OH is 1. The second-order valence-corrected chi connectivity index (χ2v) is 6.89. The number of furan rings is 1. The summed E-state index contributed by atoms with van der Waals surface area (Å²) in [4.78, 5) is 17.2. The van der Waals surface area contributed by atoms with Crippen LogP contribution in [0.3, 0.4) is 0 Å². The molecule has 1 fully saturated rings. The number of likely N-dealkylation sites (tertiary alicyclic amines) is 1. The van der Waals surface area contributed by atoms with Gasteiger partial charge < -0.3 is 14.4 Å². The summed E-state index contributed by atoms with van der Waals surface area (Å²) in [7, 11) is 0. The average molecular weight is 344 g/mol. The first-order valence-electron chi connectivity index (χ1n) is 8.92. The minimum atomic E-state index is 0.0657. The molecule has 0 radical (unpaired) electrons. The Labute approximate surface area is 146 Å². The van der Waals surface area contributed by atoms with E-state index in [1.807, 2.05) is 27.9 Å². The van der Waals surface area contributed by atoms with E-state index >= 15 is 0 Å². The van der Waals surface area contributed by atoms with Gasteiger partial charge in [-0.1, -0.05) is 0 Å². The minimum Gasteiger partial charge on any atom is -0.468 e. The van der Waals surface area contributed by atoms with Gasteiger partial charge in [0.05, 0.1) is 44.4 Å². The summed E-state index contributed by atoms with van der Waals surface area (Å²) in [6.07, 6.45) is 5.32. The van der Waals surface area contributed by atoms with Gasteiger partial charge in [0, 0.05) is 18.0 Å². The van der Waals surface area contributed by atoms with Crippen LogP contribution in [0.2, 0.25) is 0 Å². The van der Waals surface area contributed by atoms with E-state index in [9.17, 15) is 4.79 Å². The maximum atomic E-state index is 12.9. The van der Waals surface area contributed by atoms with Crippen LogP contribution in [0.4, 0.5) is 0 Å². The largest absolute Gasteiger partial charge is 0.468 e. The average Bonchev–Trinajstić information content (AvgIpc) is 3.34. The molecule has 0 aliphatic carbocycles. The lowest BCUT2D eigenvalue weighted by atomic mass is 9.95. The number of piperidine rings is 1. The van der Waals surface area contributed by atoms with Crippen LogP contribution in [0, 0.1) is 5.92 Å². The number of aromatic nitrogens is 2. The molecule has 0 spiro atoms. The van der Waals surface area contributed by atoms with Gasteiger partial charge in [-0.25, -0.2) is 0 Å². The third-order valence-corrected chi connectivity index (χ3v) is 5.26. The van der Waals surface area contributed by atoms with Crippen molar-refractivity contribution in [3.63, 3.8) is 0 Å². The molecule has 7 heteroatoms. The van der Waals surface area contributed by atoms with E-state index in [-0.39, 0.29) is 18.4 Å². The summed E-state index contributed by atoms with van der Waals surface area (Å²) >= 11 is 0. The molecule has 25 heavy (non-hydrogen) atoms. The van der Waals surface area contributed by atoms with Crippen LogP contribution in [-0.4, -0.2) is 50.3 Å². The summed E-state index contributed by atoms with van der Waals surface area (Å²) in [6, 6.07) is 3.91. The lowest BCUT2D eigenvalue weighted by molar-refractivity contribution is -0.137. The molecule has 134 valence electrons. The number of rotatable bonds is 5. The number of hydrogen-bond donors (Lipinski definition) is 1. The predicted molar refractivity (Wildman–Crippen MR) is 90.3 cm³/mol. The number of nitrogens with zero attached hydrogens (tertiary/aromatic N) is 4. The number of amides is 1. The second kappa shape index (κ2) is 7.01. The lowest BCUT2D eigenvalue weighted by Gasteiger charge is -2.32. The van der Waals surface area contributed by atoms with Gasteiger partial charge in [0.15, 0.2) is 0 Å². The number of carbonyl (C=O) groups is 1. The summed E-state index contributed by atoms with van der Waals surface area (Å²) < 4.78 is 7.22. The Morgan fingerprint density at radius 3 is 2.88 bits per heavy atom. The Balaban J connectivity index is 1.31. The summed E-state index contributed by atoms with van der Waals surface area (Å²) in [5.41, 5.74) is 2.18. The van der Waals surface area contributed by atoms with Crippen LogP contribution in [0.25, 0.3) is 0 Å². The van der Waals surface area contributed by atoms with Crippen LogP contribution < -0.4 is 0 Å². The molecule has 2 aromatic rings. The van der Waals surface area contributed by atoms with Gasteiger partial charge in [0.1, 0.15) is 5.76 Å². The Morgan fingerprint density at radius 1 is 1.32 bits per heavy atom. The van der Waals surface area contributed by atoms with E-state index in [4.69, 9.17) is 9.52 Å². The third-order valence-electron chi connectivity index (χ3n) is 5.26. The summed E-state index contributed by atoms with van der Waals surface area (Å²) in [5, 5.41) is 13.4. The fraction of sp³-hybridized carbons (Fsp3) is 0.556. The molecule has 1 amide bonds. The van der Waals surface area contributed by atoms with Crippen LogP contribution in [0.5, 0.6) is 0 Å². The standard InChI is InChI=1S/C18H24N4O3/c23-8-7-22-17-13-21(11-15(17)10-19-22)18(24)14-3-5-20(6-4-14)12-16-2-1-9-25-16/h1-2,9-10,14,23H,3-8,11-13H2. The normalized spacial score (nSPS) is 18.7. The van der Waals surface area contributed by atoms with Crippen molar-refractivity contribution in [3.8, 4) is 0 Å². The zero-order chi connectivity index (χ0) is 17.2. The van der Waals surface area contributed by atoms with E-state index < -0.39 is 0 Å². The molecule has 0 saturated carbocycles. The Kier molecular flexibility index (Phi) is 4.59. The number of carbonyl (C=O) groups excluding carboxylic acids is 1. The lowest BCUT2D eigenvalue weighted by Crippen LogP contribution is -2.40. The first kappa shape index (κ1) is 16.4. The van der Waals surface area contributed by atoms with Gasteiger partial charge >= 0.3 is 0 Å². The Bertz CT molecular complexity index is 717. The third kappa shape index (κ3) is 3.34. The van der Waals surface area contributed by atoms with Crippen molar-refractivity contribution in [2.75, 3.05) is 19.7 Å². The summed E-state index contributed by atoms with van der Waals surface area (Å²) in [6.45, 7) is 4.48. The molecular formula is C18H24N4O3. The second-order valence-electron chi connectivity index (χ2n) is 6.89. The van der Waals surface area contributed by atoms with Crippen LogP contribution >= 0.6 is 0 Å². The Hall–Kier alpha value is -2.12. The van der Waals surface area contributed by atoms with Gasteiger partial charge in [-0.15, -0.1) is 0 Å². The monoisotopic (exact) mass is 344 g/mol. The van der Waals surface area contributed by atoms with Crippen LogP contribution in [0.15, 0.2) is 29.0 Å². The molecule has 0 unspecified atom stereocenters. The van der Waals surface area contributed by atoms with Crippen molar-refractivity contribution in [3.05, 3.63) is 41.6 Å². The molecular weight excluding hydrogens is 320 g/mol. The van der Waals surface area contributed by atoms with Gasteiger partial charge in [0.2, 0.25) is 5.91 Å². The first-order chi connectivity index (χ1) is 12.2. The van der Waals surface area contributed by atoms with Crippen molar-refractivity contribution in [2.45, 2.75) is 39.0 Å². The van der Waals surface area contributed by atoms with E-state index in [0.717, 1.165) is 49.5 Å². The fourth-order valence-corrected chi connectivity index (χ4v) is 3.87. The van der Waals surface area contributed by atoms with E-state index in [1.54, 1.807) is 6.26 Å². The van der Waals surface area contributed by atoms with Crippen LogP contribution in [0.1, 0.15) is 29.9 Å². The molecule has 2 aliphatic heterocycles. The number of aliphatic hydroxyl groups is 1. The molecule has 4 rings (SSSR count). The van der Waals surface area contributed by atoms with Crippen molar-refractivity contribution in [1.29, 1.82) is 0 Å². The van der Waals surface area contributed by atoms with Gasteiger partial charge in [0.25, 0.3) is 0 Å². The quantitative estimate of drug-likeness (QED) is 0.883. The molecule has 1 N–H and O–H groups in total. The van der Waals surface area contributed by atoms with E-state index in [2.05, 4.69) is 10.00 Å². The highest BCUT2D eigenvalue weighted by molar-refractivity contribution is 5.79. The van der Waals surface area contributed by atoms with E-state index in [1.165, 1.54) is 0 Å². The van der Waals surface area contributed by atoms with Crippen molar-refractivity contribution < 1.29 is 14.3 Å². The molecule has 4 heterocycles. The van der Waals surface area contributed by atoms with E-state index in [0.29, 0.717) is 19.6 Å². The van der Waals surface area contributed by atoms with Crippen molar-refractivity contribution in [2.24, 2.45) is 5.92 Å². The topological polar surface area (TPSA) is 74.7 Å². The zero-order valence-corrected chi connectivity index (χ0v) is 14.3. The zero-order valence-electron chi connectivity index (χ0n) is 14.3. The number of fused-ring (bicyclic) bond motifs is 1. The molecule has 2 aromatic heterocycles. The van der Waals surface area contributed by atoms with Crippen LogP contribution in [-0.2, 0) is 31.0 Å². The minimum absolute atomic E-state index is 0.0657. The highest BCUT2D eigenvalue weighted by Crippen LogP contribution is 2.27. The Morgan fingerprint density at radius 2 is 2.16 bits per heavy atom. The van der Waals surface area contributed by atoms with Gasteiger partial charge in [-0.2, -0.15) is 5.10 Å². The predicted octanol–water partition coefficient (Wildman–Crippen LogP) is 1.22. The molecule has 0 aromatic carbocycles. The molecule has 0 bridgehead atoms.